The van der Waals surface area contributed by atoms with E-state index in [9.17, 15) is 4.79 Å². The van der Waals surface area contributed by atoms with Crippen LogP contribution in [0.4, 0.5) is 0 Å². The van der Waals surface area contributed by atoms with Gasteiger partial charge in [-0.05, 0) is 48.5 Å². The average molecular weight is 258 g/mol. The Labute approximate surface area is 111 Å². The summed E-state index contributed by atoms with van der Waals surface area (Å²) in [5, 5.41) is 8.75. The van der Waals surface area contributed by atoms with Crippen molar-refractivity contribution in [2.24, 2.45) is 0 Å². The Hall–Kier alpha value is -2.33. The number of benzene rings is 2. The number of aliphatic hydroxyl groups is 1. The number of ketones is 1. The van der Waals surface area contributed by atoms with Gasteiger partial charge >= 0.3 is 0 Å². The van der Waals surface area contributed by atoms with Crippen LogP contribution in [0.25, 0.3) is 0 Å². The van der Waals surface area contributed by atoms with Crippen molar-refractivity contribution >= 4 is 5.78 Å². The number of methoxy groups -OCH3 is 1. The number of Topliss-reactive ketones (excluding diaryl/α,β-unsaturated/α-hetero) is 1. The first-order valence-corrected chi connectivity index (χ1v) is 5.79. The van der Waals surface area contributed by atoms with E-state index in [1.54, 1.807) is 55.6 Å². The number of carbonyl (C=O) groups is 1. The van der Waals surface area contributed by atoms with Crippen LogP contribution >= 0.6 is 0 Å². The number of carbonyl (C=O) groups excluding carboxylic acids is 1. The van der Waals surface area contributed by atoms with Gasteiger partial charge in [0.05, 0.1) is 7.11 Å². The minimum Gasteiger partial charge on any atom is -0.497 e. The molecular weight excluding hydrogens is 244 g/mol. The van der Waals surface area contributed by atoms with E-state index in [0.29, 0.717) is 17.1 Å². The molecule has 0 aliphatic heterocycles. The van der Waals surface area contributed by atoms with E-state index in [1.165, 1.54) is 0 Å². The van der Waals surface area contributed by atoms with Crippen LogP contribution in [0.1, 0.15) is 10.4 Å². The van der Waals surface area contributed by atoms with Gasteiger partial charge in [-0.25, -0.2) is 0 Å². The summed E-state index contributed by atoms with van der Waals surface area (Å²) in [5.74, 6) is 1.76. The highest BCUT2D eigenvalue weighted by molar-refractivity contribution is 5.96. The van der Waals surface area contributed by atoms with Crippen LogP contribution < -0.4 is 9.47 Å². The topological polar surface area (TPSA) is 55.8 Å². The van der Waals surface area contributed by atoms with Crippen LogP contribution in [0.3, 0.4) is 0 Å². The van der Waals surface area contributed by atoms with E-state index in [-0.39, 0.29) is 5.78 Å². The molecule has 0 aromatic heterocycles. The number of rotatable bonds is 5. The molecule has 2 aromatic rings. The van der Waals surface area contributed by atoms with Crippen molar-refractivity contribution in [2.45, 2.75) is 0 Å². The summed E-state index contributed by atoms with van der Waals surface area (Å²) in [4.78, 5) is 11.2. The maximum absolute atomic E-state index is 11.2. The van der Waals surface area contributed by atoms with Crippen LogP contribution in [0.2, 0.25) is 0 Å². The summed E-state index contributed by atoms with van der Waals surface area (Å²) >= 11 is 0. The first kappa shape index (κ1) is 13.1. The molecular formula is C15H14O4. The third kappa shape index (κ3) is 3.33. The summed E-state index contributed by atoms with van der Waals surface area (Å²) < 4.78 is 10.7. The van der Waals surface area contributed by atoms with E-state index >= 15 is 0 Å². The minimum absolute atomic E-state index is 0.309. The highest BCUT2D eigenvalue weighted by Gasteiger charge is 2.04. The Balaban J connectivity index is 2.08. The highest BCUT2D eigenvalue weighted by atomic mass is 16.5. The van der Waals surface area contributed by atoms with Crippen LogP contribution in [0, 0.1) is 0 Å². The van der Waals surface area contributed by atoms with Crippen molar-refractivity contribution < 1.29 is 19.4 Å². The zero-order valence-corrected chi connectivity index (χ0v) is 10.5. The van der Waals surface area contributed by atoms with E-state index in [1.807, 2.05) is 0 Å². The Bertz CT molecular complexity index is 543. The van der Waals surface area contributed by atoms with E-state index < -0.39 is 6.61 Å². The zero-order chi connectivity index (χ0) is 13.7. The third-order valence-electron chi connectivity index (χ3n) is 2.62. The molecule has 0 unspecified atom stereocenters. The molecule has 2 rings (SSSR count). The van der Waals surface area contributed by atoms with Crippen molar-refractivity contribution in [2.75, 3.05) is 13.7 Å². The first-order chi connectivity index (χ1) is 9.22. The molecule has 0 spiro atoms. The van der Waals surface area contributed by atoms with Crippen molar-refractivity contribution in [1.82, 2.24) is 0 Å². The number of ether oxygens (including phenoxy) is 2. The monoisotopic (exact) mass is 258 g/mol. The maximum Gasteiger partial charge on any atom is 0.188 e. The summed E-state index contributed by atoms with van der Waals surface area (Å²) in [7, 11) is 1.60. The van der Waals surface area contributed by atoms with E-state index in [0.717, 1.165) is 5.75 Å². The number of aliphatic hydroxyl groups excluding tert-OH is 1. The Morgan fingerprint density at radius 2 is 1.42 bits per heavy atom. The van der Waals surface area contributed by atoms with Gasteiger partial charge in [-0.15, -0.1) is 0 Å². The fourth-order valence-electron chi connectivity index (χ4n) is 1.58. The molecule has 0 bridgehead atoms. The lowest BCUT2D eigenvalue weighted by Crippen LogP contribution is -2.03. The fourth-order valence-corrected chi connectivity index (χ4v) is 1.58. The molecule has 0 saturated heterocycles. The molecule has 0 aliphatic rings. The normalized spacial score (nSPS) is 10.0. The summed E-state index contributed by atoms with van der Waals surface area (Å²) in [5.41, 5.74) is 0.463. The van der Waals surface area contributed by atoms with E-state index in [4.69, 9.17) is 14.6 Å². The average Bonchev–Trinajstić information content (AvgIpc) is 2.48. The predicted molar refractivity (Wildman–Crippen MR) is 70.9 cm³/mol. The molecule has 4 nitrogen and oxygen atoms in total. The second kappa shape index (κ2) is 6.02. The van der Waals surface area contributed by atoms with Crippen LogP contribution in [-0.2, 0) is 0 Å². The Morgan fingerprint density at radius 1 is 0.947 bits per heavy atom. The van der Waals surface area contributed by atoms with Gasteiger partial charge in [-0.3, -0.25) is 4.79 Å². The van der Waals surface area contributed by atoms with Gasteiger partial charge in [0.15, 0.2) is 5.78 Å². The van der Waals surface area contributed by atoms with Gasteiger partial charge in [0, 0.05) is 5.56 Å². The minimum atomic E-state index is -0.487. The van der Waals surface area contributed by atoms with Crippen LogP contribution in [-0.4, -0.2) is 24.6 Å². The smallest absolute Gasteiger partial charge is 0.188 e. The SMILES string of the molecule is COc1ccc(Oc2ccc(C(=O)CO)cc2)cc1. The Morgan fingerprint density at radius 3 is 1.89 bits per heavy atom. The predicted octanol–water partition coefficient (Wildman–Crippen LogP) is 2.66. The van der Waals surface area contributed by atoms with Crippen molar-refractivity contribution in [1.29, 1.82) is 0 Å². The first-order valence-electron chi connectivity index (χ1n) is 5.79. The second-order valence-corrected chi connectivity index (χ2v) is 3.88. The van der Waals surface area contributed by atoms with Crippen molar-refractivity contribution in [3.63, 3.8) is 0 Å². The number of hydrogen-bond acceptors (Lipinski definition) is 4. The fraction of sp³-hybridized carbons (Fsp3) is 0.133. The number of hydrogen-bond donors (Lipinski definition) is 1. The quantitative estimate of drug-likeness (QED) is 0.838. The van der Waals surface area contributed by atoms with Gasteiger partial charge < -0.3 is 14.6 Å². The molecule has 2 aromatic carbocycles. The highest BCUT2D eigenvalue weighted by Crippen LogP contribution is 2.24. The molecule has 98 valence electrons. The van der Waals surface area contributed by atoms with Gasteiger partial charge in [-0.2, -0.15) is 0 Å². The molecule has 0 saturated carbocycles. The summed E-state index contributed by atoms with van der Waals surface area (Å²) in [6.45, 7) is -0.487. The zero-order valence-electron chi connectivity index (χ0n) is 10.5. The Kier molecular flexibility index (Phi) is 4.15. The second-order valence-electron chi connectivity index (χ2n) is 3.88. The molecule has 0 fully saturated rings. The van der Waals surface area contributed by atoms with Crippen molar-refractivity contribution in [3.05, 3.63) is 54.1 Å². The standard InChI is InChI=1S/C15H14O4/c1-18-12-6-8-14(9-7-12)19-13-4-2-11(3-5-13)15(17)10-16/h2-9,16H,10H2,1H3. The molecule has 0 amide bonds. The third-order valence-corrected chi connectivity index (χ3v) is 2.62. The van der Waals surface area contributed by atoms with Crippen LogP contribution in [0.15, 0.2) is 48.5 Å². The lowest BCUT2D eigenvalue weighted by atomic mass is 10.1. The van der Waals surface area contributed by atoms with Crippen molar-refractivity contribution in [3.8, 4) is 17.2 Å². The van der Waals surface area contributed by atoms with Gasteiger partial charge in [-0.1, -0.05) is 0 Å². The van der Waals surface area contributed by atoms with E-state index in [2.05, 4.69) is 0 Å². The molecule has 19 heavy (non-hydrogen) atoms. The molecule has 0 radical (unpaired) electrons. The van der Waals surface area contributed by atoms with Crippen LogP contribution in [0.5, 0.6) is 17.2 Å². The van der Waals surface area contributed by atoms with Gasteiger partial charge in [0.1, 0.15) is 23.9 Å². The maximum atomic E-state index is 11.2. The summed E-state index contributed by atoms with van der Waals surface area (Å²) in [6.07, 6.45) is 0. The lowest BCUT2D eigenvalue weighted by Gasteiger charge is -2.07. The molecule has 0 atom stereocenters. The molecule has 0 heterocycles. The molecule has 0 aliphatic carbocycles. The molecule has 4 heteroatoms. The summed E-state index contributed by atoms with van der Waals surface area (Å²) in [6, 6.07) is 13.8. The van der Waals surface area contributed by atoms with Gasteiger partial charge in [0.25, 0.3) is 0 Å². The largest absolute Gasteiger partial charge is 0.497 e. The lowest BCUT2D eigenvalue weighted by molar-refractivity contribution is 0.0903. The van der Waals surface area contributed by atoms with Gasteiger partial charge in [0.2, 0.25) is 0 Å². The molecule has 1 N–H and O–H groups in total.